The Bertz CT molecular complexity index is 773. The fraction of sp³-hybridized carbons (Fsp3) is 0.667. The number of allylic oxidation sites excluding steroid dienone is 2. The molecule has 3 aliphatic rings. The highest BCUT2D eigenvalue weighted by molar-refractivity contribution is 5.75. The number of hydrogen-bond donors (Lipinski definition) is 0. The predicted octanol–water partition coefficient (Wildman–Crippen LogP) is 2.63. The molecule has 0 aromatic carbocycles. The van der Waals surface area contributed by atoms with Crippen LogP contribution in [0.25, 0.3) is 0 Å². The molecule has 0 spiro atoms. The Labute approximate surface area is 151 Å². The van der Waals surface area contributed by atoms with Gasteiger partial charge in [0.2, 0.25) is 6.33 Å². The monoisotopic (exact) mass is 361 g/mol. The van der Waals surface area contributed by atoms with Gasteiger partial charge in [0.15, 0.2) is 0 Å². The van der Waals surface area contributed by atoms with E-state index in [1.54, 1.807) is 4.57 Å². The van der Waals surface area contributed by atoms with E-state index in [0.29, 0.717) is 6.54 Å². The zero-order valence-corrected chi connectivity index (χ0v) is 15.0. The van der Waals surface area contributed by atoms with Crippen LogP contribution in [0.3, 0.4) is 0 Å². The molecule has 8 heteroatoms. The molecule has 1 aliphatic carbocycles. The quantitative estimate of drug-likeness (QED) is 0.270. The Morgan fingerprint density at radius 3 is 3.04 bits per heavy atom. The van der Waals surface area contributed by atoms with Crippen molar-refractivity contribution in [3.8, 4) is 0 Å². The average Bonchev–Trinajstić information content (AvgIpc) is 2.93. The summed E-state index contributed by atoms with van der Waals surface area (Å²) < 4.78 is 13.3. The standard InChI is InChI=1S/C18H23N3O5/c1-11-4-3-7-18(2)16(26-18)15-12(6-5-11)13(17(22)25-15)8-20-9-14(19-10-20)21(23)24/h4,9-10,12-13,15-16H,3,5-8H2,1-2H3/t12-,13-,15-,16+,18+/m0/s1. The van der Waals surface area contributed by atoms with Crippen molar-refractivity contribution in [2.45, 2.75) is 63.9 Å². The molecular formula is C18H23N3O5. The molecule has 140 valence electrons. The van der Waals surface area contributed by atoms with E-state index in [1.165, 1.54) is 18.1 Å². The van der Waals surface area contributed by atoms with Crippen LogP contribution in [-0.2, 0) is 20.8 Å². The van der Waals surface area contributed by atoms with E-state index >= 15 is 0 Å². The molecule has 3 heterocycles. The smallest absolute Gasteiger partial charge is 0.381 e. The van der Waals surface area contributed by atoms with Crippen molar-refractivity contribution in [2.24, 2.45) is 11.8 Å². The fourth-order valence-corrected chi connectivity index (χ4v) is 4.32. The lowest BCUT2D eigenvalue weighted by Gasteiger charge is -2.22. The number of fused-ring (bicyclic) bond motifs is 3. The van der Waals surface area contributed by atoms with Gasteiger partial charge in [0.25, 0.3) is 0 Å². The van der Waals surface area contributed by atoms with Gasteiger partial charge in [-0.15, -0.1) is 0 Å². The second kappa shape index (κ2) is 6.19. The number of carbonyl (C=O) groups is 1. The van der Waals surface area contributed by atoms with E-state index in [-0.39, 0.29) is 41.4 Å². The first-order chi connectivity index (χ1) is 12.4. The van der Waals surface area contributed by atoms with Gasteiger partial charge in [-0.2, -0.15) is 0 Å². The van der Waals surface area contributed by atoms with Crippen molar-refractivity contribution >= 4 is 11.8 Å². The van der Waals surface area contributed by atoms with E-state index in [4.69, 9.17) is 9.47 Å². The third kappa shape index (κ3) is 3.02. The summed E-state index contributed by atoms with van der Waals surface area (Å²) in [5, 5.41) is 10.8. The largest absolute Gasteiger partial charge is 0.459 e. The Hall–Kier alpha value is -2.22. The number of epoxide rings is 1. The molecule has 8 nitrogen and oxygen atoms in total. The Kier molecular flexibility index (Phi) is 4.10. The first-order valence-electron chi connectivity index (χ1n) is 9.07. The lowest BCUT2D eigenvalue weighted by Crippen LogP contribution is -2.31. The summed E-state index contributed by atoms with van der Waals surface area (Å²) in [5.74, 6) is -0.752. The molecule has 2 fully saturated rings. The summed E-state index contributed by atoms with van der Waals surface area (Å²) in [5.41, 5.74) is 1.10. The van der Waals surface area contributed by atoms with Crippen molar-refractivity contribution < 1.29 is 19.2 Å². The van der Waals surface area contributed by atoms with Crippen LogP contribution in [0.5, 0.6) is 0 Å². The highest BCUT2D eigenvalue weighted by Gasteiger charge is 2.62. The zero-order chi connectivity index (χ0) is 18.5. The molecule has 5 atom stereocenters. The van der Waals surface area contributed by atoms with Crippen molar-refractivity contribution in [3.05, 3.63) is 34.3 Å². The van der Waals surface area contributed by atoms with Crippen molar-refractivity contribution in [3.63, 3.8) is 0 Å². The number of rotatable bonds is 3. The topological polar surface area (TPSA) is 99.8 Å². The van der Waals surface area contributed by atoms with Crippen LogP contribution in [0.15, 0.2) is 24.2 Å². The lowest BCUT2D eigenvalue weighted by atomic mass is 9.80. The minimum absolute atomic E-state index is 0.0391. The fourth-order valence-electron chi connectivity index (χ4n) is 4.32. The normalized spacial score (nSPS) is 36.5. The van der Waals surface area contributed by atoms with Gasteiger partial charge >= 0.3 is 11.8 Å². The van der Waals surface area contributed by atoms with Crippen molar-refractivity contribution in [2.75, 3.05) is 0 Å². The number of aromatic nitrogens is 2. The first-order valence-corrected chi connectivity index (χ1v) is 9.07. The number of nitrogens with zero attached hydrogens (tertiary/aromatic N) is 3. The summed E-state index contributed by atoms with van der Waals surface area (Å²) in [6.45, 7) is 4.54. The predicted molar refractivity (Wildman–Crippen MR) is 91.2 cm³/mol. The highest BCUT2D eigenvalue weighted by atomic mass is 16.6. The maximum atomic E-state index is 12.6. The van der Waals surface area contributed by atoms with Crippen molar-refractivity contribution in [1.82, 2.24) is 9.55 Å². The molecule has 1 aromatic heterocycles. The SMILES string of the molecule is CC1=CCC[C@@]2(C)O[C@@H]2[C@H]2OC(=O)[C@@H](Cn3cnc([N+](=O)[O-])c3)[C@@H]2CC1. The van der Waals surface area contributed by atoms with E-state index in [0.717, 1.165) is 25.7 Å². The molecule has 2 saturated heterocycles. The molecule has 0 N–H and O–H groups in total. The second-order valence-electron chi connectivity index (χ2n) is 7.84. The molecule has 0 unspecified atom stereocenters. The summed E-state index contributed by atoms with van der Waals surface area (Å²) in [4.78, 5) is 26.6. The molecular weight excluding hydrogens is 338 g/mol. The van der Waals surface area contributed by atoms with Crippen LogP contribution in [0.1, 0.15) is 39.5 Å². The van der Waals surface area contributed by atoms with Crippen LogP contribution < -0.4 is 0 Å². The van der Waals surface area contributed by atoms with Crippen LogP contribution >= 0.6 is 0 Å². The summed E-state index contributed by atoms with van der Waals surface area (Å²) >= 11 is 0. The highest BCUT2D eigenvalue weighted by Crippen LogP contribution is 2.50. The summed E-state index contributed by atoms with van der Waals surface area (Å²) in [7, 11) is 0. The van der Waals surface area contributed by atoms with Gasteiger partial charge < -0.3 is 24.2 Å². The van der Waals surface area contributed by atoms with Gasteiger partial charge in [-0.1, -0.05) is 11.6 Å². The van der Waals surface area contributed by atoms with E-state index in [9.17, 15) is 14.9 Å². The van der Waals surface area contributed by atoms with Crippen molar-refractivity contribution in [1.29, 1.82) is 0 Å². The van der Waals surface area contributed by atoms with Gasteiger partial charge in [-0.05, 0) is 49.4 Å². The molecule has 0 bridgehead atoms. The lowest BCUT2D eigenvalue weighted by molar-refractivity contribution is -0.389. The average molecular weight is 361 g/mol. The molecule has 0 radical (unpaired) electrons. The van der Waals surface area contributed by atoms with E-state index < -0.39 is 4.92 Å². The molecule has 0 amide bonds. The third-order valence-electron chi connectivity index (χ3n) is 5.95. The van der Waals surface area contributed by atoms with Gasteiger partial charge in [-0.3, -0.25) is 4.79 Å². The number of esters is 1. The van der Waals surface area contributed by atoms with Crippen LogP contribution in [0.2, 0.25) is 0 Å². The number of ether oxygens (including phenoxy) is 2. The van der Waals surface area contributed by atoms with Gasteiger partial charge in [0, 0.05) is 12.5 Å². The minimum Gasteiger partial charge on any atom is -0.459 e. The number of hydrogen-bond acceptors (Lipinski definition) is 6. The number of imidazole rings is 1. The van der Waals surface area contributed by atoms with Crippen LogP contribution in [0, 0.1) is 22.0 Å². The Balaban J connectivity index is 1.57. The molecule has 0 saturated carbocycles. The Morgan fingerprint density at radius 1 is 1.50 bits per heavy atom. The molecule has 4 rings (SSSR count). The van der Waals surface area contributed by atoms with E-state index in [1.807, 2.05) is 0 Å². The van der Waals surface area contributed by atoms with Gasteiger partial charge in [0.05, 0.1) is 11.5 Å². The van der Waals surface area contributed by atoms with Crippen LogP contribution in [0.4, 0.5) is 5.82 Å². The Morgan fingerprint density at radius 2 is 2.31 bits per heavy atom. The first kappa shape index (κ1) is 17.2. The van der Waals surface area contributed by atoms with E-state index in [2.05, 4.69) is 24.9 Å². The third-order valence-corrected chi connectivity index (χ3v) is 5.95. The second-order valence-corrected chi connectivity index (χ2v) is 7.84. The number of nitro groups is 1. The van der Waals surface area contributed by atoms with Gasteiger partial charge in [-0.25, -0.2) is 0 Å². The molecule has 26 heavy (non-hydrogen) atoms. The minimum atomic E-state index is -0.534. The van der Waals surface area contributed by atoms with Crippen LogP contribution in [-0.4, -0.2) is 38.3 Å². The van der Waals surface area contributed by atoms with Gasteiger partial charge in [0.1, 0.15) is 18.4 Å². The zero-order valence-electron chi connectivity index (χ0n) is 15.0. The molecule has 2 aliphatic heterocycles. The summed E-state index contributed by atoms with van der Waals surface area (Å²) in [6.07, 6.45) is 8.41. The maximum absolute atomic E-state index is 12.6. The molecule has 1 aromatic rings. The summed E-state index contributed by atoms with van der Waals surface area (Å²) in [6, 6.07) is 0. The maximum Gasteiger partial charge on any atom is 0.381 e. The number of carbonyl (C=O) groups excluding carboxylic acids is 1.